The van der Waals surface area contributed by atoms with E-state index in [1.165, 1.54) is 17.3 Å². The third kappa shape index (κ3) is 4.19. The highest BCUT2D eigenvalue weighted by Gasteiger charge is 2.25. The van der Waals surface area contributed by atoms with E-state index in [4.69, 9.17) is 23.2 Å². The number of para-hydroxylation sites is 1. The van der Waals surface area contributed by atoms with Crippen molar-refractivity contribution in [1.29, 1.82) is 0 Å². The topological polar surface area (TPSA) is 46.4 Å². The largest absolute Gasteiger partial charge is 0.342 e. The van der Waals surface area contributed by atoms with Gasteiger partial charge in [-0.15, -0.1) is 0 Å². The highest BCUT2D eigenvalue weighted by Crippen LogP contribution is 2.35. The average molecular weight is 478 g/mol. The van der Waals surface area contributed by atoms with Crippen LogP contribution in [0.15, 0.2) is 88.9 Å². The van der Waals surface area contributed by atoms with Gasteiger partial charge in [0.25, 0.3) is 5.91 Å². The maximum Gasteiger partial charge on any atom is 0.264 e. The zero-order valence-corrected chi connectivity index (χ0v) is 19.1. The summed E-state index contributed by atoms with van der Waals surface area (Å²) in [4.78, 5) is 17.7. The molecule has 1 N–H and O–H groups in total. The van der Waals surface area contributed by atoms with E-state index in [9.17, 15) is 4.79 Å². The van der Waals surface area contributed by atoms with Gasteiger partial charge in [-0.05, 0) is 41.6 Å². The van der Waals surface area contributed by atoms with Crippen LogP contribution in [0.25, 0.3) is 17.0 Å². The smallest absolute Gasteiger partial charge is 0.264 e. The lowest BCUT2D eigenvalue weighted by Crippen LogP contribution is -2.19. The molecule has 3 aromatic carbocycles. The molecule has 32 heavy (non-hydrogen) atoms. The Bertz CT molecular complexity index is 1390. The number of carbonyl (C=O) groups is 1. The number of nitrogens with zero attached hydrogens (tertiary/aromatic N) is 2. The van der Waals surface area contributed by atoms with Crippen LogP contribution in [0.3, 0.4) is 0 Å². The Labute approximate surface area is 199 Å². The fourth-order valence-electron chi connectivity index (χ4n) is 3.61. The number of halogens is 2. The monoisotopic (exact) mass is 477 g/mol. The molecule has 0 unspecified atom stereocenters. The second-order valence-electron chi connectivity index (χ2n) is 7.27. The van der Waals surface area contributed by atoms with Gasteiger partial charge in [0.15, 0.2) is 5.17 Å². The lowest BCUT2D eigenvalue weighted by atomic mass is 10.1. The Kier molecular flexibility index (Phi) is 5.79. The molecular formula is C25H17Cl2N3OS. The fourth-order valence-corrected chi connectivity index (χ4v) is 4.77. The Morgan fingerprint density at radius 3 is 2.59 bits per heavy atom. The minimum absolute atomic E-state index is 0.188. The van der Waals surface area contributed by atoms with E-state index in [2.05, 4.69) is 45.3 Å². The molecule has 5 rings (SSSR count). The predicted octanol–water partition coefficient (Wildman–Crippen LogP) is 6.89. The van der Waals surface area contributed by atoms with Gasteiger partial charge in [-0.1, -0.05) is 77.8 Å². The van der Waals surface area contributed by atoms with Crippen molar-refractivity contribution in [2.75, 3.05) is 0 Å². The van der Waals surface area contributed by atoms with E-state index in [1.54, 1.807) is 18.2 Å². The average Bonchev–Trinajstić information content (AvgIpc) is 3.32. The van der Waals surface area contributed by atoms with Gasteiger partial charge in [-0.25, -0.2) is 4.99 Å². The molecule has 2 heterocycles. The Hall–Kier alpha value is -2.99. The van der Waals surface area contributed by atoms with Crippen molar-refractivity contribution in [3.63, 3.8) is 0 Å². The van der Waals surface area contributed by atoms with Crippen LogP contribution in [-0.4, -0.2) is 15.6 Å². The molecule has 4 nitrogen and oxygen atoms in total. The quantitative estimate of drug-likeness (QED) is 0.325. The van der Waals surface area contributed by atoms with Crippen LogP contribution in [0.4, 0.5) is 5.69 Å². The first-order valence-electron chi connectivity index (χ1n) is 9.94. The number of aromatic nitrogens is 1. The van der Waals surface area contributed by atoms with Crippen LogP contribution in [0.5, 0.6) is 0 Å². The van der Waals surface area contributed by atoms with Crippen molar-refractivity contribution in [1.82, 2.24) is 9.88 Å². The molecule has 0 aliphatic carbocycles. The van der Waals surface area contributed by atoms with E-state index in [0.29, 0.717) is 25.8 Å². The molecule has 4 aromatic rings. The van der Waals surface area contributed by atoms with Gasteiger partial charge < -0.3 is 9.88 Å². The lowest BCUT2D eigenvalue weighted by molar-refractivity contribution is -0.115. The molecule has 0 bridgehead atoms. The maximum atomic E-state index is 12.6. The number of thioether (sulfide) groups is 1. The fraction of sp³-hybridized carbons (Fsp3) is 0.0400. The van der Waals surface area contributed by atoms with Gasteiger partial charge in [-0.2, -0.15) is 0 Å². The highest BCUT2D eigenvalue weighted by atomic mass is 35.5. The van der Waals surface area contributed by atoms with Gasteiger partial charge in [0, 0.05) is 29.2 Å². The number of fused-ring (bicyclic) bond motifs is 1. The molecule has 0 spiro atoms. The van der Waals surface area contributed by atoms with Crippen molar-refractivity contribution >= 4 is 68.7 Å². The summed E-state index contributed by atoms with van der Waals surface area (Å²) in [5.41, 5.74) is 3.83. The minimum Gasteiger partial charge on any atom is -0.342 e. The number of amidine groups is 1. The third-order valence-corrected chi connectivity index (χ3v) is 6.82. The van der Waals surface area contributed by atoms with Gasteiger partial charge in [0.1, 0.15) is 0 Å². The molecule has 1 saturated heterocycles. The third-order valence-electron chi connectivity index (χ3n) is 5.11. The Balaban J connectivity index is 1.48. The molecule has 1 amide bonds. The lowest BCUT2D eigenvalue weighted by Gasteiger charge is -2.05. The number of benzene rings is 3. The molecule has 158 valence electrons. The van der Waals surface area contributed by atoms with E-state index >= 15 is 0 Å². The van der Waals surface area contributed by atoms with Crippen LogP contribution in [0.2, 0.25) is 10.0 Å². The minimum atomic E-state index is -0.188. The first-order valence-corrected chi connectivity index (χ1v) is 11.5. The number of rotatable bonds is 4. The summed E-state index contributed by atoms with van der Waals surface area (Å²) in [5, 5.41) is 5.15. The second kappa shape index (κ2) is 8.87. The van der Waals surface area contributed by atoms with Gasteiger partial charge >= 0.3 is 0 Å². The van der Waals surface area contributed by atoms with Crippen LogP contribution >= 0.6 is 35.0 Å². The maximum absolute atomic E-state index is 12.6. The first kappa shape index (κ1) is 20.9. The van der Waals surface area contributed by atoms with Crippen LogP contribution in [0.1, 0.15) is 11.1 Å². The van der Waals surface area contributed by atoms with Crippen LogP contribution in [0, 0.1) is 0 Å². The molecular weight excluding hydrogens is 461 g/mol. The molecule has 0 radical (unpaired) electrons. The number of amides is 1. The number of nitrogens with one attached hydrogen (secondary N) is 1. The molecule has 1 aromatic heterocycles. The summed E-state index contributed by atoms with van der Waals surface area (Å²) < 4.78 is 2.20. The zero-order chi connectivity index (χ0) is 22.1. The van der Waals surface area contributed by atoms with Gasteiger partial charge in [0.05, 0.1) is 20.6 Å². The number of hydrogen-bond acceptors (Lipinski definition) is 3. The van der Waals surface area contributed by atoms with Crippen molar-refractivity contribution in [3.8, 4) is 0 Å². The van der Waals surface area contributed by atoms with Gasteiger partial charge in [0.2, 0.25) is 0 Å². The van der Waals surface area contributed by atoms with Crippen molar-refractivity contribution in [2.24, 2.45) is 4.99 Å². The summed E-state index contributed by atoms with van der Waals surface area (Å²) in [6, 6.07) is 23.7. The standard InChI is InChI=1S/C25H17Cl2N3OS/c26-19-10-6-11-20(23(19)27)28-25-29-24(31)22(32-25)13-17-15-30(14-16-7-2-1-3-8-16)21-12-5-4-9-18(17)21/h1-13,15H,14H2,(H,28,29,31)/b22-13+. The van der Waals surface area contributed by atoms with E-state index in [1.807, 2.05) is 36.4 Å². The summed E-state index contributed by atoms with van der Waals surface area (Å²) in [6.07, 6.45) is 3.99. The van der Waals surface area contributed by atoms with Crippen LogP contribution < -0.4 is 5.32 Å². The Morgan fingerprint density at radius 2 is 1.75 bits per heavy atom. The van der Waals surface area contributed by atoms with Crippen LogP contribution in [-0.2, 0) is 11.3 Å². The molecule has 7 heteroatoms. The molecule has 0 saturated carbocycles. The molecule has 1 fully saturated rings. The highest BCUT2D eigenvalue weighted by molar-refractivity contribution is 8.18. The van der Waals surface area contributed by atoms with Crippen molar-refractivity contribution < 1.29 is 4.79 Å². The second-order valence-corrected chi connectivity index (χ2v) is 9.09. The van der Waals surface area contributed by atoms with E-state index in [0.717, 1.165) is 23.0 Å². The summed E-state index contributed by atoms with van der Waals surface area (Å²) >= 11 is 13.6. The SMILES string of the molecule is O=C1NC(=Nc2cccc(Cl)c2Cl)S/C1=C/c1cn(Cc2ccccc2)c2ccccc12. The summed E-state index contributed by atoms with van der Waals surface area (Å²) in [7, 11) is 0. The van der Waals surface area contributed by atoms with Crippen molar-refractivity contribution in [3.05, 3.63) is 105 Å². The number of hydrogen-bond donors (Lipinski definition) is 1. The summed E-state index contributed by atoms with van der Waals surface area (Å²) in [6.45, 7) is 0.754. The normalized spacial score (nSPS) is 16.2. The number of carbonyl (C=O) groups excluding carboxylic acids is 1. The van der Waals surface area contributed by atoms with Crippen molar-refractivity contribution in [2.45, 2.75) is 6.54 Å². The zero-order valence-electron chi connectivity index (χ0n) is 16.8. The van der Waals surface area contributed by atoms with E-state index in [-0.39, 0.29) is 5.91 Å². The van der Waals surface area contributed by atoms with Gasteiger partial charge in [-0.3, -0.25) is 4.79 Å². The Morgan fingerprint density at radius 1 is 0.969 bits per heavy atom. The molecule has 1 aliphatic heterocycles. The molecule has 0 atom stereocenters. The first-order chi connectivity index (χ1) is 15.6. The van der Waals surface area contributed by atoms with E-state index < -0.39 is 0 Å². The predicted molar refractivity (Wildman–Crippen MR) is 135 cm³/mol. The summed E-state index contributed by atoms with van der Waals surface area (Å²) in [5.74, 6) is -0.188. The molecule has 1 aliphatic rings. The number of aliphatic imine (C=N–C) groups is 1.